The number of thioether (sulfide) groups is 1. The third kappa shape index (κ3) is 2.26. The maximum Gasteiger partial charge on any atom is 0.373 e. The van der Waals surface area contributed by atoms with Crippen molar-refractivity contribution in [3.8, 4) is 11.5 Å². The van der Waals surface area contributed by atoms with Crippen molar-refractivity contribution in [3.05, 3.63) is 35.7 Å². The Morgan fingerprint density at radius 3 is 2.79 bits per heavy atom. The minimum Gasteiger partial charge on any atom is -0.475 e. The number of hydrogen-bond acceptors (Lipinski definition) is 4. The summed E-state index contributed by atoms with van der Waals surface area (Å²) in [6.07, 6.45) is 3.97. The lowest BCUT2D eigenvalue weighted by Crippen LogP contribution is -1.98. The van der Waals surface area contributed by atoms with Gasteiger partial charge in [0.2, 0.25) is 11.7 Å². The number of aromatic carboxylic acids is 1. The first-order chi connectivity index (χ1) is 9.20. The lowest BCUT2D eigenvalue weighted by molar-refractivity contribution is 0.0661. The van der Waals surface area contributed by atoms with E-state index in [0.29, 0.717) is 11.6 Å². The number of carboxylic acids is 1. The van der Waals surface area contributed by atoms with E-state index in [1.807, 2.05) is 30.5 Å². The van der Waals surface area contributed by atoms with Crippen LogP contribution in [0.2, 0.25) is 0 Å². The summed E-state index contributed by atoms with van der Waals surface area (Å²) in [6.45, 7) is 0. The monoisotopic (exact) mass is 275 g/mol. The first-order valence-corrected chi connectivity index (χ1v) is 7.30. The lowest BCUT2D eigenvalue weighted by atomic mass is 10.2. The van der Waals surface area contributed by atoms with Gasteiger partial charge in [-0.1, -0.05) is 12.1 Å². The summed E-state index contributed by atoms with van der Waals surface area (Å²) in [6, 6.07) is 7.72. The second kappa shape index (κ2) is 4.74. The summed E-state index contributed by atoms with van der Waals surface area (Å²) in [5, 5.41) is 9.19. The van der Waals surface area contributed by atoms with Crippen molar-refractivity contribution in [2.75, 3.05) is 6.26 Å². The van der Waals surface area contributed by atoms with Crippen molar-refractivity contribution in [2.24, 2.45) is 0 Å². The number of benzene rings is 1. The van der Waals surface area contributed by atoms with Crippen LogP contribution in [0, 0.1) is 0 Å². The zero-order valence-electron chi connectivity index (χ0n) is 10.4. The summed E-state index contributed by atoms with van der Waals surface area (Å²) in [4.78, 5) is 16.7. The van der Waals surface area contributed by atoms with Crippen molar-refractivity contribution >= 4 is 17.7 Å². The molecular formula is C14H13NO3S. The van der Waals surface area contributed by atoms with E-state index in [0.717, 1.165) is 23.3 Å². The molecule has 0 bridgehead atoms. The third-order valence-corrected chi connectivity index (χ3v) is 3.94. The molecule has 0 radical (unpaired) electrons. The molecule has 0 amide bonds. The SMILES string of the molecule is CSc1ccccc1-c1nc(C2CC2)c(C(=O)O)o1. The second-order valence-electron chi connectivity index (χ2n) is 4.51. The Hall–Kier alpha value is -1.75. The smallest absolute Gasteiger partial charge is 0.373 e. The highest BCUT2D eigenvalue weighted by molar-refractivity contribution is 7.98. The van der Waals surface area contributed by atoms with Gasteiger partial charge in [0, 0.05) is 10.8 Å². The first kappa shape index (κ1) is 12.3. The van der Waals surface area contributed by atoms with Crippen LogP contribution < -0.4 is 0 Å². The molecule has 1 aliphatic carbocycles. The number of carboxylic acid groups (broad SMARTS) is 1. The molecular weight excluding hydrogens is 262 g/mol. The van der Waals surface area contributed by atoms with Crippen LogP contribution in [0.5, 0.6) is 0 Å². The van der Waals surface area contributed by atoms with Gasteiger partial charge in [0.15, 0.2) is 0 Å². The molecule has 2 aromatic rings. The fraction of sp³-hybridized carbons (Fsp3) is 0.286. The van der Waals surface area contributed by atoms with Gasteiger partial charge in [-0.2, -0.15) is 0 Å². The molecule has 1 fully saturated rings. The van der Waals surface area contributed by atoms with Crippen molar-refractivity contribution < 1.29 is 14.3 Å². The molecule has 0 unspecified atom stereocenters. The molecule has 0 atom stereocenters. The fourth-order valence-corrected chi connectivity index (χ4v) is 2.65. The van der Waals surface area contributed by atoms with E-state index >= 15 is 0 Å². The van der Waals surface area contributed by atoms with Crippen molar-refractivity contribution in [3.63, 3.8) is 0 Å². The largest absolute Gasteiger partial charge is 0.475 e. The Kier molecular flexibility index (Phi) is 3.06. The summed E-state index contributed by atoms with van der Waals surface area (Å²) in [7, 11) is 0. The summed E-state index contributed by atoms with van der Waals surface area (Å²) >= 11 is 1.59. The fourth-order valence-electron chi connectivity index (χ4n) is 2.06. The number of nitrogens with zero attached hydrogens (tertiary/aromatic N) is 1. The van der Waals surface area contributed by atoms with E-state index in [1.165, 1.54) is 0 Å². The number of hydrogen-bond donors (Lipinski definition) is 1. The maximum absolute atomic E-state index is 11.2. The molecule has 1 aliphatic rings. The van der Waals surface area contributed by atoms with Crippen LogP contribution in [0.25, 0.3) is 11.5 Å². The molecule has 3 rings (SSSR count). The predicted octanol–water partition coefficient (Wildman–Crippen LogP) is 3.64. The van der Waals surface area contributed by atoms with Crippen molar-refractivity contribution in [1.82, 2.24) is 4.98 Å². The zero-order chi connectivity index (χ0) is 13.4. The highest BCUT2D eigenvalue weighted by Crippen LogP contribution is 2.43. The summed E-state index contributed by atoms with van der Waals surface area (Å²) in [5.41, 5.74) is 1.45. The van der Waals surface area contributed by atoms with Crippen LogP contribution in [0.4, 0.5) is 0 Å². The molecule has 0 spiro atoms. The van der Waals surface area contributed by atoms with E-state index in [1.54, 1.807) is 11.8 Å². The predicted molar refractivity (Wildman–Crippen MR) is 72.7 cm³/mol. The van der Waals surface area contributed by atoms with Gasteiger partial charge in [-0.3, -0.25) is 0 Å². The summed E-state index contributed by atoms with van der Waals surface area (Å²) in [5.74, 6) is -0.384. The van der Waals surface area contributed by atoms with Crippen molar-refractivity contribution in [2.45, 2.75) is 23.7 Å². The number of aromatic nitrogens is 1. The number of carbonyl (C=O) groups is 1. The molecule has 4 nitrogen and oxygen atoms in total. The van der Waals surface area contributed by atoms with E-state index < -0.39 is 5.97 Å². The molecule has 0 saturated heterocycles. The van der Waals surface area contributed by atoms with E-state index in [-0.39, 0.29) is 11.7 Å². The van der Waals surface area contributed by atoms with Gasteiger partial charge < -0.3 is 9.52 Å². The van der Waals surface area contributed by atoms with E-state index in [9.17, 15) is 9.90 Å². The van der Waals surface area contributed by atoms with Crippen LogP contribution in [0.3, 0.4) is 0 Å². The van der Waals surface area contributed by atoms with Crippen LogP contribution >= 0.6 is 11.8 Å². The van der Waals surface area contributed by atoms with Gasteiger partial charge in [0.25, 0.3) is 0 Å². The maximum atomic E-state index is 11.2. The highest BCUT2D eigenvalue weighted by atomic mass is 32.2. The first-order valence-electron chi connectivity index (χ1n) is 6.08. The third-order valence-electron chi connectivity index (χ3n) is 3.15. The Morgan fingerprint density at radius 2 is 2.16 bits per heavy atom. The molecule has 1 saturated carbocycles. The Bertz CT molecular complexity index is 631. The Balaban J connectivity index is 2.10. The van der Waals surface area contributed by atoms with E-state index in [4.69, 9.17) is 4.42 Å². The minimum atomic E-state index is -1.04. The van der Waals surface area contributed by atoms with Crippen molar-refractivity contribution in [1.29, 1.82) is 0 Å². The molecule has 19 heavy (non-hydrogen) atoms. The normalized spacial score (nSPS) is 14.6. The molecule has 1 aromatic carbocycles. The molecule has 1 aromatic heterocycles. The average molecular weight is 275 g/mol. The number of oxazole rings is 1. The van der Waals surface area contributed by atoms with Crippen LogP contribution in [0.1, 0.15) is 35.0 Å². The quantitative estimate of drug-likeness (QED) is 0.863. The standard InChI is InChI=1S/C14H13NO3S/c1-19-10-5-3-2-4-9(10)13-15-11(8-6-7-8)12(18-13)14(16)17/h2-5,8H,6-7H2,1H3,(H,16,17). The van der Waals surface area contributed by atoms with Gasteiger partial charge in [0.05, 0.1) is 11.3 Å². The topological polar surface area (TPSA) is 63.3 Å². The van der Waals surface area contributed by atoms with Gasteiger partial charge in [-0.25, -0.2) is 9.78 Å². The minimum absolute atomic E-state index is 0.00611. The van der Waals surface area contributed by atoms with Gasteiger partial charge >= 0.3 is 5.97 Å². The molecule has 5 heteroatoms. The summed E-state index contributed by atoms with van der Waals surface area (Å²) < 4.78 is 5.48. The van der Waals surface area contributed by atoms with E-state index in [2.05, 4.69) is 4.98 Å². The van der Waals surface area contributed by atoms with Crippen LogP contribution in [-0.2, 0) is 0 Å². The van der Waals surface area contributed by atoms with Gasteiger partial charge in [0.1, 0.15) is 0 Å². The average Bonchev–Trinajstić information content (AvgIpc) is 3.17. The Labute approximate surface area is 114 Å². The zero-order valence-corrected chi connectivity index (χ0v) is 11.2. The van der Waals surface area contributed by atoms with Gasteiger partial charge in [-0.05, 0) is 31.2 Å². The molecule has 98 valence electrons. The highest BCUT2D eigenvalue weighted by Gasteiger charge is 2.33. The molecule has 0 aliphatic heterocycles. The molecule has 1 N–H and O–H groups in total. The van der Waals surface area contributed by atoms with Crippen LogP contribution in [0.15, 0.2) is 33.6 Å². The second-order valence-corrected chi connectivity index (χ2v) is 5.36. The van der Waals surface area contributed by atoms with Gasteiger partial charge in [-0.15, -0.1) is 11.8 Å². The van der Waals surface area contributed by atoms with Crippen LogP contribution in [-0.4, -0.2) is 22.3 Å². The lowest BCUT2D eigenvalue weighted by Gasteiger charge is -2.01. The Morgan fingerprint density at radius 1 is 1.42 bits per heavy atom. The molecule has 1 heterocycles. The number of rotatable bonds is 4.